The molecule has 2 rings (SSSR count). The van der Waals surface area contributed by atoms with Gasteiger partial charge in [0, 0.05) is 17.8 Å². The van der Waals surface area contributed by atoms with E-state index in [-0.39, 0.29) is 16.6 Å². The molecule has 1 N–H and O–H groups in total. The minimum Gasteiger partial charge on any atom is -0.455 e. The molecule has 2 aromatic rings. The Balaban J connectivity index is 2.28. The Labute approximate surface area is 200 Å². The molecule has 0 aliphatic rings. The van der Waals surface area contributed by atoms with Crippen LogP contribution in [0.25, 0.3) is 0 Å². The van der Waals surface area contributed by atoms with E-state index < -0.39 is 0 Å². The van der Waals surface area contributed by atoms with E-state index in [2.05, 4.69) is 52.9 Å². The normalized spacial score (nSPS) is 13.4. The standard InChI is InChI=1S/C30H39NO2/c1-10-23(29(4,5)6)20-24(30(7,8)9)26(32)18-19-31-25-16-11-12-17-27(25)33-28-21(2)14-13-15-22(28)3/h10-20,31H,1-9H3/b19-18?,23-10+,24-20+. The van der Waals surface area contributed by atoms with Crippen LogP contribution in [0.4, 0.5) is 5.69 Å². The first kappa shape index (κ1) is 26.2. The van der Waals surface area contributed by atoms with Crippen molar-refractivity contribution in [1.82, 2.24) is 0 Å². The summed E-state index contributed by atoms with van der Waals surface area (Å²) in [6.07, 6.45) is 7.43. The molecule has 0 spiro atoms. The van der Waals surface area contributed by atoms with Gasteiger partial charge in [-0.15, -0.1) is 0 Å². The molecule has 2 aromatic carbocycles. The second-order valence-electron chi connectivity index (χ2n) is 10.5. The third kappa shape index (κ3) is 7.21. The molecular formula is C30H39NO2. The number of carbonyl (C=O) groups is 1. The summed E-state index contributed by atoms with van der Waals surface area (Å²) in [5.74, 6) is 1.56. The predicted molar refractivity (Wildman–Crippen MR) is 141 cm³/mol. The minimum absolute atomic E-state index is 0.00764. The van der Waals surface area contributed by atoms with Crippen molar-refractivity contribution in [3.63, 3.8) is 0 Å². The molecule has 0 heterocycles. The second-order valence-corrected chi connectivity index (χ2v) is 10.5. The van der Waals surface area contributed by atoms with E-state index in [0.29, 0.717) is 5.75 Å². The van der Waals surface area contributed by atoms with Gasteiger partial charge in [-0.1, -0.05) is 84.0 Å². The van der Waals surface area contributed by atoms with Gasteiger partial charge in [-0.3, -0.25) is 4.79 Å². The predicted octanol–water partition coefficient (Wildman–Crippen LogP) is 8.56. The van der Waals surface area contributed by atoms with Crippen LogP contribution in [-0.2, 0) is 4.79 Å². The average molecular weight is 446 g/mol. The lowest BCUT2D eigenvalue weighted by Gasteiger charge is -2.26. The van der Waals surface area contributed by atoms with Crippen LogP contribution in [0.15, 0.2) is 78.0 Å². The van der Waals surface area contributed by atoms with E-state index in [0.717, 1.165) is 33.7 Å². The Kier molecular flexibility index (Phi) is 8.49. The van der Waals surface area contributed by atoms with Crippen molar-refractivity contribution in [2.24, 2.45) is 10.8 Å². The lowest BCUT2D eigenvalue weighted by atomic mass is 9.78. The number of nitrogens with one attached hydrogen (secondary N) is 1. The first-order valence-corrected chi connectivity index (χ1v) is 11.5. The van der Waals surface area contributed by atoms with Gasteiger partial charge in [0.05, 0.1) is 5.69 Å². The maximum Gasteiger partial charge on any atom is 0.183 e. The highest BCUT2D eigenvalue weighted by Gasteiger charge is 2.25. The fraction of sp³-hybridized carbons (Fsp3) is 0.367. The Bertz CT molecular complexity index is 1050. The van der Waals surface area contributed by atoms with E-state index in [9.17, 15) is 4.79 Å². The van der Waals surface area contributed by atoms with Crippen LogP contribution in [0.3, 0.4) is 0 Å². The lowest BCUT2D eigenvalue weighted by molar-refractivity contribution is -0.112. The van der Waals surface area contributed by atoms with Crippen molar-refractivity contribution in [2.45, 2.75) is 62.3 Å². The van der Waals surface area contributed by atoms with Crippen molar-refractivity contribution in [1.29, 1.82) is 0 Å². The molecule has 0 saturated heterocycles. The summed E-state index contributed by atoms with van der Waals surface area (Å²) in [5, 5.41) is 3.24. The van der Waals surface area contributed by atoms with Crippen molar-refractivity contribution in [3.8, 4) is 11.5 Å². The van der Waals surface area contributed by atoms with E-state index in [1.54, 1.807) is 12.3 Å². The van der Waals surface area contributed by atoms with Crippen LogP contribution in [0.2, 0.25) is 0 Å². The van der Waals surface area contributed by atoms with Gasteiger partial charge >= 0.3 is 0 Å². The molecule has 0 aromatic heterocycles. The fourth-order valence-electron chi connectivity index (χ4n) is 3.59. The summed E-state index contributed by atoms with van der Waals surface area (Å²) in [5.41, 5.74) is 4.58. The number of carbonyl (C=O) groups excluding carboxylic acids is 1. The smallest absolute Gasteiger partial charge is 0.183 e. The van der Waals surface area contributed by atoms with E-state index >= 15 is 0 Å². The number of allylic oxidation sites excluding steroid dienone is 5. The van der Waals surface area contributed by atoms with E-state index in [1.807, 2.05) is 69.3 Å². The largest absolute Gasteiger partial charge is 0.455 e. The van der Waals surface area contributed by atoms with Crippen LogP contribution < -0.4 is 10.1 Å². The summed E-state index contributed by atoms with van der Waals surface area (Å²) < 4.78 is 6.23. The molecule has 0 atom stereocenters. The number of ether oxygens (including phenoxy) is 1. The topological polar surface area (TPSA) is 38.3 Å². The van der Waals surface area contributed by atoms with Crippen LogP contribution in [-0.4, -0.2) is 5.78 Å². The number of anilines is 1. The number of ketones is 1. The molecule has 0 amide bonds. The first-order valence-electron chi connectivity index (χ1n) is 11.5. The first-order chi connectivity index (χ1) is 15.3. The summed E-state index contributed by atoms with van der Waals surface area (Å²) >= 11 is 0. The highest BCUT2D eigenvalue weighted by Crippen LogP contribution is 2.34. The van der Waals surface area contributed by atoms with Gasteiger partial charge in [-0.25, -0.2) is 0 Å². The molecule has 0 unspecified atom stereocenters. The number of hydrogen-bond donors (Lipinski definition) is 1. The number of rotatable bonds is 7. The molecule has 3 heteroatoms. The molecular weight excluding hydrogens is 406 g/mol. The Morgan fingerprint density at radius 3 is 2.03 bits per heavy atom. The van der Waals surface area contributed by atoms with Crippen LogP contribution >= 0.6 is 0 Å². The van der Waals surface area contributed by atoms with E-state index in [4.69, 9.17) is 4.74 Å². The Morgan fingerprint density at radius 1 is 0.879 bits per heavy atom. The quantitative estimate of drug-likeness (QED) is 0.343. The van der Waals surface area contributed by atoms with Gasteiger partial charge in [0.1, 0.15) is 5.75 Å². The van der Waals surface area contributed by atoms with Crippen LogP contribution in [0, 0.1) is 24.7 Å². The zero-order chi connectivity index (χ0) is 24.8. The number of hydrogen-bond acceptors (Lipinski definition) is 3. The molecule has 0 aliphatic heterocycles. The van der Waals surface area contributed by atoms with E-state index in [1.165, 1.54) is 0 Å². The van der Waals surface area contributed by atoms with Crippen LogP contribution in [0.1, 0.15) is 59.6 Å². The van der Waals surface area contributed by atoms with Crippen molar-refractivity contribution in [2.75, 3.05) is 5.32 Å². The molecule has 3 nitrogen and oxygen atoms in total. The molecule has 0 aliphatic carbocycles. The number of benzene rings is 2. The maximum atomic E-state index is 13.2. The average Bonchev–Trinajstić information content (AvgIpc) is 2.70. The fourth-order valence-corrected chi connectivity index (χ4v) is 3.59. The van der Waals surface area contributed by atoms with Gasteiger partial charge < -0.3 is 10.1 Å². The van der Waals surface area contributed by atoms with Gasteiger partial charge in [0.15, 0.2) is 11.5 Å². The number of aryl methyl sites for hydroxylation is 2. The van der Waals surface area contributed by atoms with Crippen molar-refractivity contribution in [3.05, 3.63) is 89.2 Å². The molecule has 0 radical (unpaired) electrons. The Hall–Kier alpha value is -3.07. The zero-order valence-corrected chi connectivity index (χ0v) is 21.7. The van der Waals surface area contributed by atoms with Crippen molar-refractivity contribution < 1.29 is 9.53 Å². The Morgan fingerprint density at radius 2 is 1.48 bits per heavy atom. The lowest BCUT2D eigenvalue weighted by Crippen LogP contribution is -2.19. The molecule has 0 fully saturated rings. The van der Waals surface area contributed by atoms with Crippen molar-refractivity contribution >= 4 is 11.5 Å². The highest BCUT2D eigenvalue weighted by molar-refractivity contribution is 6.05. The van der Waals surface area contributed by atoms with Gasteiger partial charge in [0.2, 0.25) is 0 Å². The summed E-state index contributed by atoms with van der Waals surface area (Å²) in [4.78, 5) is 13.2. The maximum absolute atomic E-state index is 13.2. The highest BCUT2D eigenvalue weighted by atomic mass is 16.5. The monoisotopic (exact) mass is 445 g/mol. The molecule has 0 saturated carbocycles. The minimum atomic E-state index is -0.273. The van der Waals surface area contributed by atoms with Gasteiger partial charge in [0.25, 0.3) is 0 Å². The zero-order valence-electron chi connectivity index (χ0n) is 21.7. The third-order valence-corrected chi connectivity index (χ3v) is 5.53. The summed E-state index contributed by atoms with van der Waals surface area (Å²) in [7, 11) is 0. The molecule has 176 valence electrons. The van der Waals surface area contributed by atoms with Gasteiger partial charge in [-0.2, -0.15) is 0 Å². The van der Waals surface area contributed by atoms with Gasteiger partial charge in [-0.05, 0) is 60.4 Å². The third-order valence-electron chi connectivity index (χ3n) is 5.53. The molecule has 33 heavy (non-hydrogen) atoms. The van der Waals surface area contributed by atoms with Crippen LogP contribution in [0.5, 0.6) is 11.5 Å². The SMILES string of the molecule is C/C=C(\C=C(/C(=O)C=CNc1ccccc1Oc1c(C)cccc1C)C(C)(C)C)C(C)(C)C. The molecule has 0 bridgehead atoms. The number of para-hydroxylation sites is 3. The summed E-state index contributed by atoms with van der Waals surface area (Å²) in [6.45, 7) is 18.8. The summed E-state index contributed by atoms with van der Waals surface area (Å²) in [6, 6.07) is 13.8. The second kappa shape index (κ2) is 10.7.